The highest BCUT2D eigenvalue weighted by Crippen LogP contribution is 2.35. The van der Waals surface area contributed by atoms with Gasteiger partial charge in [-0.2, -0.15) is 13.2 Å². The third-order valence-corrected chi connectivity index (χ3v) is 3.75. The second-order valence-electron chi connectivity index (χ2n) is 5.89. The molecular formula is C17H25F3IN3O2. The van der Waals surface area contributed by atoms with Crippen molar-refractivity contribution in [2.24, 2.45) is 4.99 Å². The van der Waals surface area contributed by atoms with Gasteiger partial charge in [-0.1, -0.05) is 0 Å². The predicted octanol–water partition coefficient (Wildman–Crippen LogP) is 3.64. The molecule has 5 nitrogen and oxygen atoms in total. The fourth-order valence-corrected chi connectivity index (χ4v) is 2.62. The van der Waals surface area contributed by atoms with E-state index in [1.165, 1.54) is 0 Å². The standard InChI is InChI=1S/C17H24F3N3O2.HI/c1-4-21-16(22-6-5-17(18,19)20)23-10-13-9-15-12(7-11(2)25-15)8-14(13)24-3;/h8-9,11H,4-7,10H2,1-3H3,(H2,21,22,23);1H. The van der Waals surface area contributed by atoms with Crippen LogP contribution in [0.5, 0.6) is 11.5 Å². The van der Waals surface area contributed by atoms with Crippen LogP contribution in [0.3, 0.4) is 0 Å². The van der Waals surface area contributed by atoms with Crippen LogP contribution in [0.1, 0.15) is 31.4 Å². The van der Waals surface area contributed by atoms with Gasteiger partial charge in [-0.15, -0.1) is 24.0 Å². The minimum atomic E-state index is -4.19. The summed E-state index contributed by atoms with van der Waals surface area (Å²) in [5.74, 6) is 1.85. The van der Waals surface area contributed by atoms with Crippen molar-refractivity contribution < 1.29 is 22.6 Å². The summed E-state index contributed by atoms with van der Waals surface area (Å²) in [4.78, 5) is 4.35. The molecule has 1 atom stereocenters. The van der Waals surface area contributed by atoms with Gasteiger partial charge in [-0.05, 0) is 26.0 Å². The summed E-state index contributed by atoms with van der Waals surface area (Å²) < 4.78 is 48.0. The number of hydrogen-bond donors (Lipinski definition) is 2. The normalized spacial score (nSPS) is 16.4. The largest absolute Gasteiger partial charge is 0.496 e. The van der Waals surface area contributed by atoms with Crippen LogP contribution in [0.4, 0.5) is 13.2 Å². The van der Waals surface area contributed by atoms with E-state index in [9.17, 15) is 13.2 Å². The molecule has 1 aliphatic rings. The number of methoxy groups -OCH3 is 1. The summed E-state index contributed by atoms with van der Waals surface area (Å²) in [5, 5.41) is 5.63. The van der Waals surface area contributed by atoms with Crippen LogP contribution < -0.4 is 20.1 Å². The molecule has 26 heavy (non-hydrogen) atoms. The Morgan fingerprint density at radius 1 is 1.35 bits per heavy atom. The molecule has 1 heterocycles. The van der Waals surface area contributed by atoms with Crippen molar-refractivity contribution in [3.8, 4) is 11.5 Å². The van der Waals surface area contributed by atoms with Crippen molar-refractivity contribution >= 4 is 29.9 Å². The fraction of sp³-hybridized carbons (Fsp3) is 0.588. The molecule has 0 aromatic heterocycles. The molecule has 1 unspecified atom stereocenters. The summed E-state index contributed by atoms with van der Waals surface area (Å²) in [6, 6.07) is 3.83. The van der Waals surface area contributed by atoms with E-state index in [0.29, 0.717) is 18.3 Å². The Morgan fingerprint density at radius 2 is 2.08 bits per heavy atom. The van der Waals surface area contributed by atoms with Crippen LogP contribution in [0.2, 0.25) is 0 Å². The second kappa shape index (κ2) is 10.1. The number of halogens is 4. The first-order valence-electron chi connectivity index (χ1n) is 8.27. The molecule has 1 aliphatic heterocycles. The SMILES string of the molecule is CCNC(=NCc1cc2c(cc1OC)CC(C)O2)NCCC(F)(F)F.I. The van der Waals surface area contributed by atoms with E-state index in [0.717, 1.165) is 23.3 Å². The van der Waals surface area contributed by atoms with Crippen LogP contribution in [0, 0.1) is 0 Å². The molecule has 0 amide bonds. The number of fused-ring (bicyclic) bond motifs is 1. The predicted molar refractivity (Wildman–Crippen MR) is 106 cm³/mol. The lowest BCUT2D eigenvalue weighted by molar-refractivity contribution is -0.132. The van der Waals surface area contributed by atoms with Crippen molar-refractivity contribution in [1.82, 2.24) is 10.6 Å². The Balaban J connectivity index is 0.00000338. The molecule has 2 rings (SSSR count). The second-order valence-corrected chi connectivity index (χ2v) is 5.89. The van der Waals surface area contributed by atoms with Crippen LogP contribution in [0.15, 0.2) is 17.1 Å². The first-order chi connectivity index (χ1) is 11.8. The fourth-order valence-electron chi connectivity index (χ4n) is 2.62. The van der Waals surface area contributed by atoms with Crippen LogP contribution in [-0.2, 0) is 13.0 Å². The lowest BCUT2D eigenvalue weighted by atomic mass is 10.1. The van der Waals surface area contributed by atoms with Crippen LogP contribution >= 0.6 is 24.0 Å². The van der Waals surface area contributed by atoms with Gasteiger partial charge in [0.05, 0.1) is 20.1 Å². The molecule has 148 valence electrons. The zero-order chi connectivity index (χ0) is 18.4. The smallest absolute Gasteiger partial charge is 0.390 e. The lowest BCUT2D eigenvalue weighted by Crippen LogP contribution is -2.38. The summed E-state index contributed by atoms with van der Waals surface area (Å²) in [7, 11) is 1.58. The van der Waals surface area contributed by atoms with E-state index < -0.39 is 12.6 Å². The molecule has 0 saturated heterocycles. The van der Waals surface area contributed by atoms with E-state index >= 15 is 0 Å². The Labute approximate surface area is 168 Å². The number of nitrogens with zero attached hydrogens (tertiary/aromatic N) is 1. The summed E-state index contributed by atoms with van der Waals surface area (Å²) in [5.41, 5.74) is 1.91. The molecule has 1 aromatic rings. The van der Waals surface area contributed by atoms with Gasteiger partial charge in [0.2, 0.25) is 0 Å². The Morgan fingerprint density at radius 3 is 2.69 bits per heavy atom. The molecule has 0 bridgehead atoms. The van der Waals surface area contributed by atoms with Gasteiger partial charge in [0, 0.05) is 30.6 Å². The maximum Gasteiger partial charge on any atom is 0.390 e. The van der Waals surface area contributed by atoms with Crippen molar-refractivity contribution in [1.29, 1.82) is 0 Å². The average molecular weight is 487 g/mol. The van der Waals surface area contributed by atoms with Gasteiger partial charge in [0.1, 0.15) is 17.6 Å². The summed E-state index contributed by atoms with van der Waals surface area (Å²) in [6.45, 7) is 4.46. The van der Waals surface area contributed by atoms with Crippen molar-refractivity contribution in [2.75, 3.05) is 20.2 Å². The topological polar surface area (TPSA) is 54.9 Å². The van der Waals surface area contributed by atoms with Gasteiger partial charge < -0.3 is 20.1 Å². The Kier molecular flexibility index (Phi) is 8.78. The van der Waals surface area contributed by atoms with E-state index in [1.807, 2.05) is 26.0 Å². The molecule has 1 aromatic carbocycles. The molecule has 0 spiro atoms. The van der Waals surface area contributed by atoms with Gasteiger partial charge in [0.25, 0.3) is 0 Å². The number of rotatable bonds is 6. The van der Waals surface area contributed by atoms with E-state index in [1.54, 1.807) is 7.11 Å². The zero-order valence-electron chi connectivity index (χ0n) is 15.1. The number of benzene rings is 1. The quantitative estimate of drug-likeness (QED) is 0.366. The minimum Gasteiger partial charge on any atom is -0.496 e. The molecule has 0 aliphatic carbocycles. The Bertz CT molecular complexity index is 624. The monoisotopic (exact) mass is 487 g/mol. The number of nitrogens with one attached hydrogen (secondary N) is 2. The molecule has 9 heteroatoms. The maximum atomic E-state index is 12.3. The molecule has 0 radical (unpaired) electrons. The van der Waals surface area contributed by atoms with Crippen LogP contribution in [-0.4, -0.2) is 38.4 Å². The molecule has 0 saturated carbocycles. The van der Waals surface area contributed by atoms with Crippen molar-refractivity contribution in [2.45, 2.75) is 45.5 Å². The maximum absolute atomic E-state index is 12.3. The number of ether oxygens (including phenoxy) is 2. The molecule has 0 fully saturated rings. The van der Waals surface area contributed by atoms with Gasteiger partial charge in [-0.3, -0.25) is 0 Å². The van der Waals surface area contributed by atoms with E-state index in [4.69, 9.17) is 9.47 Å². The number of alkyl halides is 3. The number of hydrogen-bond acceptors (Lipinski definition) is 3. The molecular weight excluding hydrogens is 462 g/mol. The number of guanidine groups is 1. The highest BCUT2D eigenvalue weighted by molar-refractivity contribution is 14.0. The molecule has 2 N–H and O–H groups in total. The van der Waals surface area contributed by atoms with Gasteiger partial charge in [0.15, 0.2) is 5.96 Å². The van der Waals surface area contributed by atoms with Crippen molar-refractivity contribution in [3.63, 3.8) is 0 Å². The van der Waals surface area contributed by atoms with E-state index in [-0.39, 0.29) is 43.2 Å². The average Bonchev–Trinajstić information content (AvgIpc) is 2.89. The highest BCUT2D eigenvalue weighted by atomic mass is 127. The number of aliphatic imine (C=N–C) groups is 1. The first-order valence-corrected chi connectivity index (χ1v) is 8.27. The van der Waals surface area contributed by atoms with Gasteiger partial charge >= 0.3 is 6.18 Å². The lowest BCUT2D eigenvalue weighted by Gasteiger charge is -2.13. The summed E-state index contributed by atoms with van der Waals surface area (Å²) >= 11 is 0. The third kappa shape index (κ3) is 6.73. The first kappa shape index (κ1) is 22.7. The third-order valence-electron chi connectivity index (χ3n) is 3.75. The minimum absolute atomic E-state index is 0. The van der Waals surface area contributed by atoms with Crippen LogP contribution in [0.25, 0.3) is 0 Å². The van der Waals surface area contributed by atoms with E-state index in [2.05, 4.69) is 15.6 Å². The summed E-state index contributed by atoms with van der Waals surface area (Å²) in [6.07, 6.45) is -4.15. The highest BCUT2D eigenvalue weighted by Gasteiger charge is 2.26. The van der Waals surface area contributed by atoms with Gasteiger partial charge in [-0.25, -0.2) is 4.99 Å². The van der Waals surface area contributed by atoms with Crippen molar-refractivity contribution in [3.05, 3.63) is 23.3 Å². The zero-order valence-corrected chi connectivity index (χ0v) is 17.4. The Hall–Kier alpha value is -1.39.